The van der Waals surface area contributed by atoms with Gasteiger partial charge in [-0.05, 0) is 60.4 Å². The quantitative estimate of drug-likeness (QED) is 0.494. The molecule has 164 valence electrons. The molecule has 2 aliphatic rings. The first-order chi connectivity index (χ1) is 15.8. The number of rotatable bonds is 5. The molecule has 3 aromatic heterocycles. The van der Waals surface area contributed by atoms with E-state index in [0.29, 0.717) is 23.2 Å². The molecule has 0 saturated heterocycles. The predicted molar refractivity (Wildman–Crippen MR) is 121 cm³/mol. The number of nitrogens with one attached hydrogen (secondary N) is 2. The Labute approximate surface area is 184 Å². The fourth-order valence-electron chi connectivity index (χ4n) is 5.03. The molecule has 32 heavy (non-hydrogen) atoms. The summed E-state index contributed by atoms with van der Waals surface area (Å²) >= 11 is 0. The van der Waals surface area contributed by atoms with Gasteiger partial charge in [-0.3, -0.25) is 9.36 Å². The van der Waals surface area contributed by atoms with Crippen molar-refractivity contribution >= 4 is 34.1 Å². The van der Waals surface area contributed by atoms with E-state index in [1.165, 1.54) is 30.2 Å². The number of hydrogen-bond acceptors (Lipinski definition) is 8. The summed E-state index contributed by atoms with van der Waals surface area (Å²) in [5.41, 5.74) is 3.19. The van der Waals surface area contributed by atoms with E-state index in [9.17, 15) is 4.79 Å². The second kappa shape index (κ2) is 7.85. The summed E-state index contributed by atoms with van der Waals surface area (Å²) in [7, 11) is 0. The van der Waals surface area contributed by atoms with E-state index in [1.54, 1.807) is 10.8 Å². The standard InChI is InChI=1S/C22H25N9O/c32-21-20-27-28-29-31(20)18-13-23-22(26-19(18)30(21)17-7-3-4-8-17)25-16-11-9-15(10-12-16)24-14-5-1-2-6-14/h9-14,17,24H,1-8H2,(H,23,25,26). The van der Waals surface area contributed by atoms with Crippen LogP contribution in [-0.4, -0.2) is 40.6 Å². The lowest BCUT2D eigenvalue weighted by Gasteiger charge is -2.17. The lowest BCUT2D eigenvalue weighted by Crippen LogP contribution is -2.27. The van der Waals surface area contributed by atoms with Crippen molar-refractivity contribution in [1.82, 2.24) is 34.6 Å². The van der Waals surface area contributed by atoms with Crippen LogP contribution in [0.1, 0.15) is 57.4 Å². The van der Waals surface area contributed by atoms with Crippen molar-refractivity contribution in [3.8, 4) is 0 Å². The molecule has 0 aliphatic heterocycles. The third kappa shape index (κ3) is 3.35. The van der Waals surface area contributed by atoms with E-state index in [-0.39, 0.29) is 17.2 Å². The van der Waals surface area contributed by atoms with Crippen LogP contribution in [0, 0.1) is 0 Å². The van der Waals surface area contributed by atoms with Gasteiger partial charge in [-0.15, -0.1) is 5.10 Å². The monoisotopic (exact) mass is 431 g/mol. The number of aromatic nitrogens is 7. The molecule has 0 spiro atoms. The van der Waals surface area contributed by atoms with Gasteiger partial charge in [-0.2, -0.15) is 9.50 Å². The molecule has 4 aromatic rings. The molecule has 0 unspecified atom stereocenters. The maximum Gasteiger partial charge on any atom is 0.299 e. The maximum atomic E-state index is 13.2. The van der Waals surface area contributed by atoms with Crippen molar-refractivity contribution in [1.29, 1.82) is 0 Å². The molecule has 2 saturated carbocycles. The smallest absolute Gasteiger partial charge is 0.299 e. The Bertz CT molecular complexity index is 1320. The molecule has 3 heterocycles. The SMILES string of the molecule is O=c1c2nnnn2c2cnc(Nc3ccc(NC4CCCC4)cc3)nc2n1C1CCCC1. The minimum atomic E-state index is -0.207. The first-order valence-corrected chi connectivity index (χ1v) is 11.4. The van der Waals surface area contributed by atoms with Crippen LogP contribution < -0.4 is 16.2 Å². The summed E-state index contributed by atoms with van der Waals surface area (Å²) in [6.45, 7) is 0. The number of tetrazole rings is 1. The van der Waals surface area contributed by atoms with Crippen LogP contribution in [-0.2, 0) is 0 Å². The van der Waals surface area contributed by atoms with Crippen LogP contribution in [0.2, 0.25) is 0 Å². The zero-order chi connectivity index (χ0) is 21.5. The molecular formula is C22H25N9O. The van der Waals surface area contributed by atoms with Crippen molar-refractivity contribution in [2.75, 3.05) is 10.6 Å². The van der Waals surface area contributed by atoms with Crippen LogP contribution in [0.3, 0.4) is 0 Å². The van der Waals surface area contributed by atoms with Gasteiger partial charge < -0.3 is 10.6 Å². The summed E-state index contributed by atoms with van der Waals surface area (Å²) in [5.74, 6) is 0.438. The van der Waals surface area contributed by atoms with Crippen molar-refractivity contribution in [2.45, 2.75) is 63.5 Å². The van der Waals surface area contributed by atoms with Gasteiger partial charge in [0.2, 0.25) is 11.6 Å². The Morgan fingerprint density at radius 2 is 1.62 bits per heavy atom. The fourth-order valence-corrected chi connectivity index (χ4v) is 5.03. The minimum absolute atomic E-state index is 0.107. The Hall–Kier alpha value is -3.56. The van der Waals surface area contributed by atoms with E-state index in [1.807, 2.05) is 12.1 Å². The second-order valence-corrected chi connectivity index (χ2v) is 8.76. The van der Waals surface area contributed by atoms with Crippen LogP contribution in [0.4, 0.5) is 17.3 Å². The zero-order valence-electron chi connectivity index (χ0n) is 17.7. The molecule has 1 aromatic carbocycles. The zero-order valence-corrected chi connectivity index (χ0v) is 17.7. The topological polar surface area (TPSA) is 115 Å². The van der Waals surface area contributed by atoms with Crippen LogP contribution >= 0.6 is 0 Å². The summed E-state index contributed by atoms with van der Waals surface area (Å²) in [4.78, 5) is 22.3. The molecule has 0 bridgehead atoms. The molecule has 10 heteroatoms. The summed E-state index contributed by atoms with van der Waals surface area (Å²) < 4.78 is 3.19. The first kappa shape index (κ1) is 19.1. The van der Waals surface area contributed by atoms with Crippen molar-refractivity contribution < 1.29 is 0 Å². The third-order valence-corrected chi connectivity index (χ3v) is 6.64. The summed E-state index contributed by atoms with van der Waals surface area (Å²) in [6.07, 6.45) is 10.9. The number of hydrogen-bond donors (Lipinski definition) is 2. The average molecular weight is 432 g/mol. The molecule has 0 amide bonds. The molecule has 6 rings (SSSR count). The van der Waals surface area contributed by atoms with E-state index >= 15 is 0 Å². The molecule has 2 aliphatic carbocycles. The number of fused-ring (bicyclic) bond motifs is 3. The highest BCUT2D eigenvalue weighted by atomic mass is 16.1. The summed E-state index contributed by atoms with van der Waals surface area (Å²) in [6, 6.07) is 8.85. The molecule has 2 fully saturated rings. The fraction of sp³-hybridized carbons (Fsp3) is 0.455. The van der Waals surface area contributed by atoms with E-state index in [4.69, 9.17) is 4.98 Å². The van der Waals surface area contributed by atoms with Gasteiger partial charge in [0.15, 0.2) is 5.65 Å². The molecule has 2 N–H and O–H groups in total. The van der Waals surface area contributed by atoms with Crippen molar-refractivity contribution in [3.05, 3.63) is 40.8 Å². The van der Waals surface area contributed by atoms with Crippen LogP contribution in [0.25, 0.3) is 16.8 Å². The average Bonchev–Trinajstić information content (AvgIpc) is 3.58. The predicted octanol–water partition coefficient (Wildman–Crippen LogP) is 3.44. The van der Waals surface area contributed by atoms with Crippen LogP contribution in [0.5, 0.6) is 0 Å². The Balaban J connectivity index is 1.34. The highest BCUT2D eigenvalue weighted by Gasteiger charge is 2.24. The van der Waals surface area contributed by atoms with Gasteiger partial charge >= 0.3 is 0 Å². The molecule has 10 nitrogen and oxygen atoms in total. The highest BCUT2D eigenvalue weighted by molar-refractivity contribution is 5.74. The third-order valence-electron chi connectivity index (χ3n) is 6.64. The van der Waals surface area contributed by atoms with Gasteiger partial charge in [0.25, 0.3) is 5.56 Å². The molecular weight excluding hydrogens is 406 g/mol. The van der Waals surface area contributed by atoms with Crippen LogP contribution in [0.15, 0.2) is 35.3 Å². The Morgan fingerprint density at radius 3 is 2.41 bits per heavy atom. The highest BCUT2D eigenvalue weighted by Crippen LogP contribution is 2.31. The van der Waals surface area contributed by atoms with Crippen molar-refractivity contribution in [3.63, 3.8) is 0 Å². The molecule has 0 atom stereocenters. The van der Waals surface area contributed by atoms with E-state index in [0.717, 1.165) is 37.1 Å². The minimum Gasteiger partial charge on any atom is -0.382 e. The maximum absolute atomic E-state index is 13.2. The lowest BCUT2D eigenvalue weighted by molar-refractivity contribution is 0.515. The Kier molecular flexibility index (Phi) is 4.70. The summed E-state index contributed by atoms with van der Waals surface area (Å²) in [5, 5.41) is 18.5. The second-order valence-electron chi connectivity index (χ2n) is 8.76. The van der Waals surface area contributed by atoms with Gasteiger partial charge in [0, 0.05) is 23.5 Å². The normalized spacial score (nSPS) is 17.5. The Morgan fingerprint density at radius 1 is 0.906 bits per heavy atom. The van der Waals surface area contributed by atoms with Gasteiger partial charge in [-0.1, -0.05) is 25.7 Å². The van der Waals surface area contributed by atoms with Crippen molar-refractivity contribution in [2.24, 2.45) is 0 Å². The lowest BCUT2D eigenvalue weighted by atomic mass is 10.2. The first-order valence-electron chi connectivity index (χ1n) is 11.4. The number of benzene rings is 1. The molecule has 0 radical (unpaired) electrons. The van der Waals surface area contributed by atoms with Gasteiger partial charge in [0.05, 0.1) is 6.20 Å². The number of nitrogens with zero attached hydrogens (tertiary/aromatic N) is 7. The number of anilines is 3. The van der Waals surface area contributed by atoms with E-state index in [2.05, 4.69) is 43.3 Å². The largest absolute Gasteiger partial charge is 0.382 e. The van der Waals surface area contributed by atoms with E-state index < -0.39 is 0 Å². The van der Waals surface area contributed by atoms with Gasteiger partial charge in [0.1, 0.15) is 5.52 Å². The van der Waals surface area contributed by atoms with Gasteiger partial charge in [-0.25, -0.2) is 4.98 Å².